The number of anilines is 1. The highest BCUT2D eigenvalue weighted by Gasteiger charge is 2.15. The molecule has 0 fully saturated rings. The summed E-state index contributed by atoms with van der Waals surface area (Å²) in [6.45, 7) is 0. The van der Waals surface area contributed by atoms with Gasteiger partial charge < -0.3 is 0 Å². The smallest absolute Gasteiger partial charge is 0.271 e. The summed E-state index contributed by atoms with van der Waals surface area (Å²) >= 11 is 1.13. The number of hydrazone groups is 1. The molecule has 0 bridgehead atoms. The van der Waals surface area contributed by atoms with Gasteiger partial charge in [0.1, 0.15) is 4.21 Å². The molecule has 0 unspecified atom stereocenters. The van der Waals surface area contributed by atoms with Gasteiger partial charge in [-0.1, -0.05) is 42.5 Å². The van der Waals surface area contributed by atoms with Crippen LogP contribution in [0.3, 0.4) is 0 Å². The molecular weight excluding hydrogens is 394 g/mol. The Morgan fingerprint density at radius 1 is 0.964 bits per heavy atom. The fourth-order valence-corrected chi connectivity index (χ4v) is 4.28. The van der Waals surface area contributed by atoms with Crippen LogP contribution in [0.2, 0.25) is 0 Å². The first kappa shape index (κ1) is 19.5. The van der Waals surface area contributed by atoms with Gasteiger partial charge in [0, 0.05) is 17.5 Å². The number of hydrogen-bond donors (Lipinski definition) is 2. The lowest BCUT2D eigenvalue weighted by molar-refractivity contribution is 0.0955. The number of carbonyl (C=O) groups is 1. The number of nitrogens with zero attached hydrogens (tertiary/aromatic N) is 1. The Morgan fingerprint density at radius 3 is 2.39 bits per heavy atom. The van der Waals surface area contributed by atoms with E-state index in [1.165, 1.54) is 36.5 Å². The highest BCUT2D eigenvalue weighted by molar-refractivity contribution is 7.94. The van der Waals surface area contributed by atoms with Crippen LogP contribution in [0.4, 0.5) is 5.69 Å². The maximum Gasteiger partial charge on any atom is 0.271 e. The highest BCUT2D eigenvalue weighted by Crippen LogP contribution is 2.20. The van der Waals surface area contributed by atoms with Gasteiger partial charge in [-0.3, -0.25) is 9.52 Å². The molecular formula is C20H17N3O3S2. The minimum absolute atomic E-state index is 0.229. The minimum Gasteiger partial charge on any atom is -0.279 e. The van der Waals surface area contributed by atoms with Crippen LogP contribution >= 0.6 is 11.3 Å². The third-order valence-corrected chi connectivity index (χ3v) is 6.35. The topological polar surface area (TPSA) is 87.6 Å². The Morgan fingerprint density at radius 2 is 1.71 bits per heavy atom. The van der Waals surface area contributed by atoms with E-state index in [9.17, 15) is 13.2 Å². The molecule has 0 aliphatic heterocycles. The molecule has 2 N–H and O–H groups in total. The number of rotatable bonds is 7. The third-order valence-electron chi connectivity index (χ3n) is 3.57. The molecule has 3 aromatic rings. The SMILES string of the molecule is O=C(N/N=C\C=C\c1ccccc1)c1ccc(NS(=O)(=O)c2cccs2)cc1. The number of allylic oxidation sites excluding steroid dienone is 1. The van der Waals surface area contributed by atoms with Crippen molar-refractivity contribution in [3.63, 3.8) is 0 Å². The predicted octanol–water partition coefficient (Wildman–Crippen LogP) is 3.98. The summed E-state index contributed by atoms with van der Waals surface area (Å²) in [5.41, 5.74) is 4.18. The van der Waals surface area contributed by atoms with E-state index in [0.29, 0.717) is 11.3 Å². The zero-order valence-corrected chi connectivity index (χ0v) is 16.3. The van der Waals surface area contributed by atoms with Gasteiger partial charge in [-0.15, -0.1) is 11.3 Å². The van der Waals surface area contributed by atoms with Crippen molar-refractivity contribution in [2.24, 2.45) is 5.10 Å². The number of thiophene rings is 1. The van der Waals surface area contributed by atoms with Crippen LogP contribution in [0.1, 0.15) is 15.9 Å². The summed E-state index contributed by atoms with van der Waals surface area (Å²) in [4.78, 5) is 12.1. The second-order valence-electron chi connectivity index (χ2n) is 5.60. The Hall–Kier alpha value is -3.23. The van der Waals surface area contributed by atoms with E-state index in [2.05, 4.69) is 15.2 Å². The molecule has 0 saturated heterocycles. The van der Waals surface area contributed by atoms with Crippen molar-refractivity contribution >= 4 is 45.2 Å². The number of sulfonamides is 1. The predicted molar refractivity (Wildman–Crippen MR) is 113 cm³/mol. The maximum atomic E-state index is 12.2. The summed E-state index contributed by atoms with van der Waals surface area (Å²) in [7, 11) is -3.61. The summed E-state index contributed by atoms with van der Waals surface area (Å²) in [6.07, 6.45) is 5.07. The number of hydrogen-bond acceptors (Lipinski definition) is 5. The standard InChI is InChI=1S/C20H17N3O3S2/c24-20(22-21-14-4-8-16-6-2-1-3-7-16)17-10-12-18(13-11-17)23-28(25,26)19-9-5-15-27-19/h1-15,23H,(H,22,24)/b8-4+,21-14-. The summed E-state index contributed by atoms with van der Waals surface area (Å²) in [5, 5.41) is 5.55. The fraction of sp³-hybridized carbons (Fsp3) is 0. The number of benzene rings is 2. The first-order valence-electron chi connectivity index (χ1n) is 8.26. The van der Waals surface area contributed by atoms with Crippen LogP contribution in [0.5, 0.6) is 0 Å². The van der Waals surface area contributed by atoms with Crippen LogP contribution in [0.25, 0.3) is 6.08 Å². The number of amides is 1. The molecule has 28 heavy (non-hydrogen) atoms. The van der Waals surface area contributed by atoms with Gasteiger partial charge in [0.2, 0.25) is 0 Å². The molecule has 8 heteroatoms. The van der Waals surface area contributed by atoms with Crippen LogP contribution in [0, 0.1) is 0 Å². The van der Waals surface area contributed by atoms with Crippen molar-refractivity contribution in [2.45, 2.75) is 4.21 Å². The van der Waals surface area contributed by atoms with Gasteiger partial charge in [-0.2, -0.15) is 5.10 Å². The Kier molecular flexibility index (Phi) is 6.36. The average Bonchev–Trinajstić information content (AvgIpc) is 3.25. The van der Waals surface area contributed by atoms with Crippen molar-refractivity contribution in [3.05, 3.63) is 89.3 Å². The lowest BCUT2D eigenvalue weighted by Gasteiger charge is -2.07. The van der Waals surface area contributed by atoms with Gasteiger partial charge in [-0.25, -0.2) is 13.8 Å². The quantitative estimate of drug-likeness (QED) is 0.455. The average molecular weight is 412 g/mol. The van der Waals surface area contributed by atoms with Gasteiger partial charge in [-0.05, 0) is 47.4 Å². The monoisotopic (exact) mass is 411 g/mol. The molecule has 0 aliphatic carbocycles. The van der Waals surface area contributed by atoms with Gasteiger partial charge in [0.05, 0.1) is 0 Å². The van der Waals surface area contributed by atoms with E-state index in [-0.39, 0.29) is 4.21 Å². The molecule has 0 atom stereocenters. The van der Waals surface area contributed by atoms with Crippen molar-refractivity contribution in [1.82, 2.24) is 5.43 Å². The van der Waals surface area contributed by atoms with Crippen LogP contribution in [-0.4, -0.2) is 20.5 Å². The van der Waals surface area contributed by atoms with Crippen LogP contribution < -0.4 is 10.1 Å². The molecule has 1 aromatic heterocycles. The molecule has 0 spiro atoms. The lowest BCUT2D eigenvalue weighted by atomic mass is 10.2. The summed E-state index contributed by atoms with van der Waals surface area (Å²) in [5.74, 6) is -0.392. The molecule has 1 amide bonds. The molecule has 6 nitrogen and oxygen atoms in total. The Bertz CT molecular complexity index is 1070. The van der Waals surface area contributed by atoms with E-state index < -0.39 is 15.9 Å². The molecule has 142 valence electrons. The van der Waals surface area contributed by atoms with E-state index in [1.807, 2.05) is 36.4 Å². The van der Waals surface area contributed by atoms with Gasteiger partial charge in [0.25, 0.3) is 15.9 Å². The summed E-state index contributed by atoms with van der Waals surface area (Å²) < 4.78 is 27.1. The Labute approximate surface area is 167 Å². The largest absolute Gasteiger partial charge is 0.279 e. The van der Waals surface area contributed by atoms with Crippen LogP contribution in [-0.2, 0) is 10.0 Å². The second-order valence-corrected chi connectivity index (χ2v) is 8.46. The zero-order chi connectivity index (χ0) is 19.8. The van der Waals surface area contributed by atoms with E-state index >= 15 is 0 Å². The van der Waals surface area contributed by atoms with E-state index in [1.54, 1.807) is 17.5 Å². The minimum atomic E-state index is -3.61. The van der Waals surface area contributed by atoms with Gasteiger partial charge >= 0.3 is 0 Å². The molecule has 2 aromatic carbocycles. The second kappa shape index (κ2) is 9.12. The van der Waals surface area contributed by atoms with Crippen molar-refractivity contribution < 1.29 is 13.2 Å². The summed E-state index contributed by atoms with van der Waals surface area (Å²) in [6, 6.07) is 19.0. The lowest BCUT2D eigenvalue weighted by Crippen LogP contribution is -2.17. The van der Waals surface area contributed by atoms with Crippen LogP contribution in [0.15, 0.2) is 87.5 Å². The first-order chi connectivity index (χ1) is 13.5. The maximum absolute atomic E-state index is 12.2. The molecule has 0 aliphatic rings. The van der Waals surface area contributed by atoms with E-state index in [0.717, 1.165) is 16.9 Å². The van der Waals surface area contributed by atoms with Gasteiger partial charge in [0.15, 0.2) is 0 Å². The number of nitrogens with one attached hydrogen (secondary N) is 2. The van der Waals surface area contributed by atoms with Crippen molar-refractivity contribution in [2.75, 3.05) is 4.72 Å². The molecule has 1 heterocycles. The van der Waals surface area contributed by atoms with E-state index in [4.69, 9.17) is 0 Å². The molecule has 0 radical (unpaired) electrons. The highest BCUT2D eigenvalue weighted by atomic mass is 32.2. The number of carbonyl (C=O) groups excluding carboxylic acids is 1. The first-order valence-corrected chi connectivity index (χ1v) is 10.6. The molecule has 3 rings (SSSR count). The zero-order valence-electron chi connectivity index (χ0n) is 14.6. The normalized spacial score (nSPS) is 11.7. The molecule has 0 saturated carbocycles. The third kappa shape index (κ3) is 5.38. The fourth-order valence-electron chi connectivity index (χ4n) is 2.23. The van der Waals surface area contributed by atoms with Crippen molar-refractivity contribution in [1.29, 1.82) is 0 Å². The Balaban J connectivity index is 1.55. The van der Waals surface area contributed by atoms with Crippen molar-refractivity contribution in [3.8, 4) is 0 Å².